The van der Waals surface area contributed by atoms with Gasteiger partial charge in [0.05, 0.1) is 6.42 Å². The predicted molar refractivity (Wildman–Crippen MR) is 98.4 cm³/mol. The molecule has 25 heavy (non-hydrogen) atoms. The Balaban J connectivity index is 1.82. The number of carboxylic acid groups (broad SMARTS) is 1. The van der Waals surface area contributed by atoms with Gasteiger partial charge in [0.2, 0.25) is 0 Å². The van der Waals surface area contributed by atoms with Crippen LogP contribution in [0.25, 0.3) is 28.0 Å². The zero-order valence-electron chi connectivity index (χ0n) is 13.4. The van der Waals surface area contributed by atoms with Crippen LogP contribution in [0.3, 0.4) is 0 Å². The highest BCUT2D eigenvalue weighted by Gasteiger charge is 2.20. The van der Waals surface area contributed by atoms with Crippen molar-refractivity contribution < 1.29 is 14.3 Å². The molecule has 0 aromatic heterocycles. The lowest BCUT2D eigenvalue weighted by Gasteiger charge is -2.05. The molecule has 0 spiro atoms. The van der Waals surface area contributed by atoms with E-state index in [0.29, 0.717) is 11.1 Å². The van der Waals surface area contributed by atoms with Crippen LogP contribution in [0.2, 0.25) is 0 Å². The summed E-state index contributed by atoms with van der Waals surface area (Å²) in [6, 6.07) is 18.8. The lowest BCUT2D eigenvalue weighted by Crippen LogP contribution is -1.96. The van der Waals surface area contributed by atoms with Crippen LogP contribution in [0.1, 0.15) is 23.1 Å². The van der Waals surface area contributed by atoms with E-state index in [1.807, 2.05) is 30.4 Å². The van der Waals surface area contributed by atoms with Crippen molar-refractivity contribution in [3.05, 3.63) is 89.2 Å². The monoisotopic (exact) mass is 330 g/mol. The Morgan fingerprint density at radius 2 is 1.76 bits per heavy atom. The highest BCUT2D eigenvalue weighted by atomic mass is 19.1. The van der Waals surface area contributed by atoms with Gasteiger partial charge in [-0.2, -0.15) is 0 Å². The topological polar surface area (TPSA) is 37.3 Å². The minimum absolute atomic E-state index is 0.120. The fourth-order valence-corrected chi connectivity index (χ4v) is 3.28. The van der Waals surface area contributed by atoms with Gasteiger partial charge in [-0.25, -0.2) is 4.39 Å². The molecule has 4 rings (SSSR count). The number of rotatable bonds is 3. The van der Waals surface area contributed by atoms with E-state index in [1.54, 1.807) is 6.07 Å². The second kappa shape index (κ2) is 6.02. The van der Waals surface area contributed by atoms with Crippen LogP contribution < -0.4 is 0 Å². The van der Waals surface area contributed by atoms with E-state index in [-0.39, 0.29) is 12.2 Å². The van der Waals surface area contributed by atoms with Crippen molar-refractivity contribution in [2.75, 3.05) is 0 Å². The van der Waals surface area contributed by atoms with Gasteiger partial charge in [-0.3, -0.25) is 4.79 Å². The largest absolute Gasteiger partial charge is 0.481 e. The molecule has 3 heteroatoms. The van der Waals surface area contributed by atoms with Crippen LogP contribution in [0.5, 0.6) is 0 Å². The number of aliphatic carboxylic acids is 1. The second-order valence-electron chi connectivity index (χ2n) is 6.14. The third-order valence-electron chi connectivity index (χ3n) is 4.41. The van der Waals surface area contributed by atoms with Crippen LogP contribution in [0.4, 0.5) is 4.39 Å². The summed E-state index contributed by atoms with van der Waals surface area (Å²) in [6.45, 7) is 0. The van der Waals surface area contributed by atoms with Gasteiger partial charge in [-0.15, -0.1) is 0 Å². The average Bonchev–Trinajstić information content (AvgIpc) is 2.91. The van der Waals surface area contributed by atoms with E-state index in [9.17, 15) is 9.18 Å². The van der Waals surface area contributed by atoms with E-state index >= 15 is 0 Å². The maximum absolute atomic E-state index is 13.6. The Morgan fingerprint density at radius 1 is 0.960 bits per heavy atom. The molecular weight excluding hydrogens is 315 g/mol. The molecule has 0 unspecified atom stereocenters. The van der Waals surface area contributed by atoms with Gasteiger partial charge in [0, 0.05) is 0 Å². The Kier molecular flexibility index (Phi) is 3.69. The van der Waals surface area contributed by atoms with E-state index in [2.05, 4.69) is 24.3 Å². The molecular formula is C22H15FO2. The van der Waals surface area contributed by atoms with Crippen molar-refractivity contribution in [1.82, 2.24) is 0 Å². The zero-order chi connectivity index (χ0) is 17.4. The molecule has 0 bridgehead atoms. The summed E-state index contributed by atoms with van der Waals surface area (Å²) >= 11 is 0. The Hall–Kier alpha value is -3.20. The highest BCUT2D eigenvalue weighted by molar-refractivity contribution is 6.04. The number of fused-ring (bicyclic) bond motifs is 2. The summed E-state index contributed by atoms with van der Waals surface area (Å²) in [5.41, 5.74) is 4.09. The van der Waals surface area contributed by atoms with Crippen molar-refractivity contribution >= 4 is 34.0 Å². The van der Waals surface area contributed by atoms with E-state index in [4.69, 9.17) is 5.11 Å². The molecule has 1 aliphatic carbocycles. The highest BCUT2D eigenvalue weighted by Crippen LogP contribution is 2.38. The summed E-state index contributed by atoms with van der Waals surface area (Å²) < 4.78 is 13.6. The molecule has 122 valence electrons. The van der Waals surface area contributed by atoms with Crippen molar-refractivity contribution in [1.29, 1.82) is 0 Å². The Labute approximate surface area is 144 Å². The van der Waals surface area contributed by atoms with Crippen LogP contribution in [0, 0.1) is 5.82 Å². The smallest absolute Gasteiger partial charge is 0.307 e. The van der Waals surface area contributed by atoms with E-state index in [0.717, 1.165) is 22.1 Å². The van der Waals surface area contributed by atoms with Gasteiger partial charge in [0.25, 0.3) is 0 Å². The number of allylic oxidation sites excluding steroid dienone is 2. The summed E-state index contributed by atoms with van der Waals surface area (Å²) in [6.07, 6.45) is 3.73. The van der Waals surface area contributed by atoms with Crippen molar-refractivity contribution in [2.24, 2.45) is 0 Å². The van der Waals surface area contributed by atoms with Crippen molar-refractivity contribution in [2.45, 2.75) is 6.42 Å². The lowest BCUT2D eigenvalue weighted by atomic mass is 10.0. The molecule has 0 heterocycles. The van der Waals surface area contributed by atoms with E-state index in [1.165, 1.54) is 17.5 Å². The minimum Gasteiger partial charge on any atom is -0.481 e. The fraction of sp³-hybridized carbons (Fsp3) is 0.0455. The summed E-state index contributed by atoms with van der Waals surface area (Å²) in [7, 11) is 0. The molecule has 1 N–H and O–H groups in total. The number of carboxylic acids is 1. The third-order valence-corrected chi connectivity index (χ3v) is 4.41. The molecule has 0 saturated heterocycles. The average molecular weight is 330 g/mol. The van der Waals surface area contributed by atoms with Crippen molar-refractivity contribution in [3.63, 3.8) is 0 Å². The molecule has 3 aromatic carbocycles. The van der Waals surface area contributed by atoms with Gasteiger partial charge in [0.15, 0.2) is 0 Å². The van der Waals surface area contributed by atoms with Gasteiger partial charge >= 0.3 is 5.97 Å². The van der Waals surface area contributed by atoms with Gasteiger partial charge < -0.3 is 5.11 Å². The molecule has 1 aliphatic rings. The van der Waals surface area contributed by atoms with Crippen LogP contribution in [-0.4, -0.2) is 11.1 Å². The number of benzene rings is 3. The standard InChI is InChI=1S/C22H15FO2/c23-19-7-8-20-17(11-18(12-22(24)25)21(20)13-19)10-14-5-6-15-3-1-2-4-16(15)9-14/h1-11,13H,12H2,(H,24,25)/b17-10+. The number of carbonyl (C=O) groups is 1. The first-order valence-corrected chi connectivity index (χ1v) is 8.03. The first-order valence-electron chi connectivity index (χ1n) is 8.03. The normalized spacial score (nSPS) is 14.6. The Morgan fingerprint density at radius 3 is 2.56 bits per heavy atom. The summed E-state index contributed by atoms with van der Waals surface area (Å²) in [5.74, 6) is -1.28. The Bertz CT molecular complexity index is 1060. The van der Waals surface area contributed by atoms with Crippen LogP contribution >= 0.6 is 0 Å². The fourth-order valence-electron chi connectivity index (χ4n) is 3.28. The predicted octanol–water partition coefficient (Wildman–Crippen LogP) is 5.39. The van der Waals surface area contributed by atoms with Crippen LogP contribution in [0.15, 0.2) is 66.7 Å². The number of halogens is 1. The lowest BCUT2D eigenvalue weighted by molar-refractivity contribution is -0.135. The molecule has 0 fully saturated rings. The molecule has 0 saturated carbocycles. The summed E-state index contributed by atoms with van der Waals surface area (Å²) in [5, 5.41) is 11.4. The van der Waals surface area contributed by atoms with Gasteiger partial charge in [-0.05, 0) is 69.0 Å². The molecule has 0 radical (unpaired) electrons. The molecule has 0 amide bonds. The maximum Gasteiger partial charge on any atom is 0.307 e. The number of hydrogen-bond donors (Lipinski definition) is 1. The molecule has 0 atom stereocenters. The maximum atomic E-state index is 13.6. The molecule has 0 aliphatic heterocycles. The van der Waals surface area contributed by atoms with Crippen molar-refractivity contribution in [3.8, 4) is 0 Å². The van der Waals surface area contributed by atoms with Gasteiger partial charge in [0.1, 0.15) is 5.82 Å². The zero-order valence-corrected chi connectivity index (χ0v) is 13.4. The second-order valence-corrected chi connectivity index (χ2v) is 6.14. The van der Waals surface area contributed by atoms with Gasteiger partial charge in [-0.1, -0.05) is 42.5 Å². The van der Waals surface area contributed by atoms with E-state index < -0.39 is 5.97 Å². The molecule has 3 aromatic rings. The van der Waals surface area contributed by atoms with Crippen LogP contribution in [-0.2, 0) is 4.79 Å². The quantitative estimate of drug-likeness (QED) is 0.699. The first-order chi connectivity index (χ1) is 12.1. The first kappa shape index (κ1) is 15.3. The SMILES string of the molecule is O=C(O)CC1=C/C(=C\c2ccc3ccccc3c2)c2ccc(F)cc21. The molecule has 2 nitrogen and oxygen atoms in total. The minimum atomic E-state index is -0.923. The third kappa shape index (κ3) is 2.96. The number of hydrogen-bond acceptors (Lipinski definition) is 1. The summed E-state index contributed by atoms with van der Waals surface area (Å²) in [4.78, 5) is 11.1.